The van der Waals surface area contributed by atoms with Gasteiger partial charge in [-0.05, 0) is 32.4 Å². The summed E-state index contributed by atoms with van der Waals surface area (Å²) in [5, 5.41) is 10.1. The third-order valence-electron chi connectivity index (χ3n) is 3.65. The summed E-state index contributed by atoms with van der Waals surface area (Å²) >= 11 is 1.97. The van der Waals surface area contributed by atoms with Crippen LogP contribution in [0.15, 0.2) is 0 Å². The fourth-order valence-corrected chi connectivity index (χ4v) is 4.06. The molecule has 3 heteroatoms. The highest BCUT2D eigenvalue weighted by atomic mass is 32.2. The Morgan fingerprint density at radius 2 is 1.93 bits per heavy atom. The van der Waals surface area contributed by atoms with Crippen molar-refractivity contribution in [2.45, 2.75) is 49.8 Å². The molecule has 2 saturated heterocycles. The van der Waals surface area contributed by atoms with Crippen LogP contribution in [0.1, 0.15) is 39.0 Å². The van der Waals surface area contributed by atoms with Crippen LogP contribution in [-0.4, -0.2) is 34.5 Å². The maximum Gasteiger partial charge on any atom is 0.119 e. The molecule has 15 heavy (non-hydrogen) atoms. The fourth-order valence-electron chi connectivity index (χ4n) is 2.74. The summed E-state index contributed by atoms with van der Waals surface area (Å²) in [6.07, 6.45) is 6.32. The maximum absolute atomic E-state index is 9.47. The zero-order valence-electron chi connectivity index (χ0n) is 9.54. The summed E-state index contributed by atoms with van der Waals surface area (Å²) < 4.78 is 0. The van der Waals surface area contributed by atoms with Crippen molar-refractivity contribution < 1.29 is 0 Å². The first-order valence-electron chi connectivity index (χ1n) is 6.05. The Bertz CT molecular complexity index is 253. The van der Waals surface area contributed by atoms with E-state index in [0.717, 1.165) is 25.3 Å². The molecular weight excluding hydrogens is 204 g/mol. The zero-order valence-corrected chi connectivity index (χ0v) is 10.4. The van der Waals surface area contributed by atoms with Gasteiger partial charge in [0.1, 0.15) is 5.54 Å². The number of nitriles is 1. The van der Waals surface area contributed by atoms with E-state index in [1.165, 1.54) is 25.7 Å². The summed E-state index contributed by atoms with van der Waals surface area (Å²) in [6.45, 7) is 4.53. The quantitative estimate of drug-likeness (QED) is 0.685. The van der Waals surface area contributed by atoms with Crippen LogP contribution in [0, 0.1) is 11.3 Å². The lowest BCUT2D eigenvalue weighted by Crippen LogP contribution is -2.48. The normalized spacial score (nSPS) is 38.5. The third-order valence-corrected chi connectivity index (χ3v) is 5.03. The molecule has 0 saturated carbocycles. The second-order valence-corrected chi connectivity index (χ2v) is 6.30. The highest BCUT2D eigenvalue weighted by Crippen LogP contribution is 2.39. The summed E-state index contributed by atoms with van der Waals surface area (Å²) in [6, 6.07) is 2.61. The minimum Gasteiger partial charge on any atom is -0.285 e. The molecule has 2 heterocycles. The van der Waals surface area contributed by atoms with Crippen LogP contribution < -0.4 is 0 Å². The molecule has 2 aliphatic rings. The minimum absolute atomic E-state index is 0.131. The van der Waals surface area contributed by atoms with Crippen molar-refractivity contribution in [3.05, 3.63) is 0 Å². The Balaban J connectivity index is 2.08. The van der Waals surface area contributed by atoms with Gasteiger partial charge in [-0.15, -0.1) is 0 Å². The van der Waals surface area contributed by atoms with E-state index in [0.29, 0.717) is 5.25 Å². The van der Waals surface area contributed by atoms with E-state index >= 15 is 0 Å². The minimum atomic E-state index is -0.131. The summed E-state index contributed by atoms with van der Waals surface area (Å²) in [5.74, 6) is 1.02. The van der Waals surface area contributed by atoms with E-state index in [1.54, 1.807) is 0 Å². The molecule has 0 amide bonds. The number of nitrogens with zero attached hydrogens (tertiary/aromatic N) is 2. The lowest BCUT2D eigenvalue weighted by Gasteiger charge is -2.34. The highest BCUT2D eigenvalue weighted by Gasteiger charge is 2.43. The van der Waals surface area contributed by atoms with E-state index < -0.39 is 0 Å². The van der Waals surface area contributed by atoms with E-state index in [4.69, 9.17) is 0 Å². The highest BCUT2D eigenvalue weighted by molar-refractivity contribution is 8.00. The molecule has 2 fully saturated rings. The number of rotatable bonds is 1. The molecule has 2 atom stereocenters. The van der Waals surface area contributed by atoms with E-state index in [9.17, 15) is 5.26 Å². The predicted octanol–water partition coefficient (Wildman–Crippen LogP) is 2.65. The van der Waals surface area contributed by atoms with Gasteiger partial charge in [0.25, 0.3) is 0 Å². The van der Waals surface area contributed by atoms with Gasteiger partial charge in [-0.2, -0.15) is 17.0 Å². The van der Waals surface area contributed by atoms with Crippen molar-refractivity contribution >= 4 is 11.8 Å². The van der Waals surface area contributed by atoms with Crippen molar-refractivity contribution in [3.8, 4) is 6.07 Å². The zero-order chi connectivity index (χ0) is 10.7. The van der Waals surface area contributed by atoms with Gasteiger partial charge < -0.3 is 0 Å². The van der Waals surface area contributed by atoms with Crippen LogP contribution in [0.3, 0.4) is 0 Å². The fraction of sp³-hybridized carbons (Fsp3) is 0.917. The Kier molecular flexibility index (Phi) is 3.58. The summed E-state index contributed by atoms with van der Waals surface area (Å²) in [7, 11) is 0. The first-order valence-corrected chi connectivity index (χ1v) is 7.10. The van der Waals surface area contributed by atoms with Crippen molar-refractivity contribution in [2.24, 2.45) is 0 Å². The Morgan fingerprint density at radius 1 is 1.27 bits per heavy atom. The van der Waals surface area contributed by atoms with Crippen molar-refractivity contribution in [3.63, 3.8) is 0 Å². The van der Waals surface area contributed by atoms with Gasteiger partial charge in [0.05, 0.1) is 6.07 Å². The van der Waals surface area contributed by atoms with Gasteiger partial charge in [0.2, 0.25) is 0 Å². The number of thioether (sulfide) groups is 1. The van der Waals surface area contributed by atoms with E-state index in [2.05, 4.69) is 17.9 Å². The molecule has 0 radical (unpaired) electrons. The second kappa shape index (κ2) is 4.76. The first kappa shape index (κ1) is 11.3. The average molecular weight is 224 g/mol. The standard InChI is InChI=1S/C12H20N2S/c1-11-8-12(9-13,10-15-11)14-6-4-2-3-5-7-14/h11H,2-8,10H2,1H3. The smallest absolute Gasteiger partial charge is 0.119 e. The largest absolute Gasteiger partial charge is 0.285 e. The SMILES string of the molecule is CC1CC(C#N)(N2CCCCCC2)CS1. The molecule has 0 aromatic heterocycles. The first-order chi connectivity index (χ1) is 7.27. The molecule has 0 N–H and O–H groups in total. The van der Waals surface area contributed by atoms with Crippen LogP contribution in [0.5, 0.6) is 0 Å². The Hall–Kier alpha value is -0.200. The Morgan fingerprint density at radius 3 is 2.40 bits per heavy atom. The molecule has 2 aliphatic heterocycles. The van der Waals surface area contributed by atoms with Crippen molar-refractivity contribution in [1.29, 1.82) is 5.26 Å². The summed E-state index contributed by atoms with van der Waals surface area (Å²) in [4.78, 5) is 2.47. The van der Waals surface area contributed by atoms with Crippen LogP contribution in [0.25, 0.3) is 0 Å². The number of hydrogen-bond acceptors (Lipinski definition) is 3. The molecule has 0 aromatic rings. The van der Waals surface area contributed by atoms with Gasteiger partial charge in [0.15, 0.2) is 0 Å². The maximum atomic E-state index is 9.47. The lowest BCUT2D eigenvalue weighted by atomic mass is 9.95. The van der Waals surface area contributed by atoms with Gasteiger partial charge in [-0.3, -0.25) is 4.90 Å². The molecule has 84 valence electrons. The third kappa shape index (κ3) is 2.32. The topological polar surface area (TPSA) is 27.0 Å². The molecule has 2 nitrogen and oxygen atoms in total. The van der Waals surface area contributed by atoms with Gasteiger partial charge in [-0.1, -0.05) is 19.8 Å². The predicted molar refractivity (Wildman–Crippen MR) is 64.9 cm³/mol. The van der Waals surface area contributed by atoms with Crippen molar-refractivity contribution in [2.75, 3.05) is 18.8 Å². The number of hydrogen-bond donors (Lipinski definition) is 0. The van der Waals surface area contributed by atoms with Crippen LogP contribution in [0.2, 0.25) is 0 Å². The number of likely N-dealkylation sites (tertiary alicyclic amines) is 1. The molecule has 0 bridgehead atoms. The van der Waals surface area contributed by atoms with Crippen molar-refractivity contribution in [1.82, 2.24) is 4.90 Å². The van der Waals surface area contributed by atoms with Crippen LogP contribution in [-0.2, 0) is 0 Å². The van der Waals surface area contributed by atoms with Gasteiger partial charge >= 0.3 is 0 Å². The van der Waals surface area contributed by atoms with Crippen LogP contribution in [0.4, 0.5) is 0 Å². The average Bonchev–Trinajstić information content (AvgIpc) is 2.49. The monoisotopic (exact) mass is 224 g/mol. The van der Waals surface area contributed by atoms with Crippen LogP contribution >= 0.6 is 11.8 Å². The molecule has 0 aromatic carbocycles. The molecule has 0 aliphatic carbocycles. The molecule has 0 spiro atoms. The second-order valence-electron chi connectivity index (χ2n) is 4.87. The molecule has 2 rings (SSSR count). The Labute approximate surface area is 97.0 Å². The van der Waals surface area contributed by atoms with Gasteiger partial charge in [-0.25, -0.2) is 0 Å². The van der Waals surface area contributed by atoms with E-state index in [-0.39, 0.29) is 5.54 Å². The molecule has 2 unspecified atom stereocenters. The van der Waals surface area contributed by atoms with Gasteiger partial charge in [0, 0.05) is 11.0 Å². The van der Waals surface area contributed by atoms with E-state index in [1.807, 2.05) is 11.8 Å². The molecular formula is C12H20N2S. The summed E-state index contributed by atoms with van der Waals surface area (Å²) in [5.41, 5.74) is -0.131. The lowest BCUT2D eigenvalue weighted by molar-refractivity contribution is 0.159.